The molecule has 0 saturated heterocycles. The van der Waals surface area contributed by atoms with Crippen molar-refractivity contribution in [2.24, 2.45) is 0 Å². The lowest BCUT2D eigenvalue weighted by Gasteiger charge is -2.04. The second-order valence-electron chi connectivity index (χ2n) is 2.28. The van der Waals surface area contributed by atoms with E-state index in [9.17, 15) is 0 Å². The fourth-order valence-electron chi connectivity index (χ4n) is 0.730. The summed E-state index contributed by atoms with van der Waals surface area (Å²) in [5.74, 6) is 2.38. The Balaban J connectivity index is 3.06. The van der Waals surface area contributed by atoms with E-state index in [1.54, 1.807) is 0 Å². The summed E-state index contributed by atoms with van der Waals surface area (Å²) in [6.07, 6.45) is 7.32. The average molecular weight is 142 g/mol. The van der Waals surface area contributed by atoms with Crippen LogP contribution in [-0.2, 0) is 0 Å². The summed E-state index contributed by atoms with van der Waals surface area (Å²) in [7, 11) is 0. The second-order valence-corrected chi connectivity index (χ2v) is 2.28. The molecule has 0 amide bonds. The van der Waals surface area contributed by atoms with Crippen LogP contribution in [0.25, 0.3) is 0 Å². The van der Waals surface area contributed by atoms with Crippen LogP contribution in [0.2, 0.25) is 0 Å². The second kappa shape index (κ2) is 6.60. The van der Waals surface area contributed by atoms with Crippen molar-refractivity contribution < 1.29 is 10.2 Å². The van der Waals surface area contributed by atoms with Crippen molar-refractivity contribution in [1.29, 1.82) is 0 Å². The average Bonchev–Trinajstić information content (AvgIpc) is 1.89. The summed E-state index contributed by atoms with van der Waals surface area (Å²) < 4.78 is 0. The Labute approximate surface area is 61.9 Å². The number of hydrogen-bond donors (Lipinski definition) is 2. The molecular formula is C8H14O2. The van der Waals surface area contributed by atoms with E-state index >= 15 is 0 Å². The maximum absolute atomic E-state index is 9.05. The molecule has 0 aromatic rings. The van der Waals surface area contributed by atoms with Crippen LogP contribution >= 0.6 is 0 Å². The first-order valence-electron chi connectivity index (χ1n) is 3.53. The molecule has 0 fully saturated rings. The van der Waals surface area contributed by atoms with E-state index in [0.29, 0.717) is 12.8 Å². The van der Waals surface area contributed by atoms with Gasteiger partial charge in [-0.1, -0.05) is 0 Å². The molecule has 0 aliphatic carbocycles. The Morgan fingerprint density at radius 3 is 2.60 bits per heavy atom. The molecule has 0 aliphatic rings. The highest BCUT2D eigenvalue weighted by Gasteiger charge is 1.99. The maximum Gasteiger partial charge on any atom is 0.0649 e. The van der Waals surface area contributed by atoms with Crippen molar-refractivity contribution in [3.05, 3.63) is 0 Å². The van der Waals surface area contributed by atoms with Gasteiger partial charge in [0.1, 0.15) is 0 Å². The summed E-state index contributed by atoms with van der Waals surface area (Å²) >= 11 is 0. The highest BCUT2D eigenvalue weighted by molar-refractivity contribution is 4.86. The van der Waals surface area contributed by atoms with E-state index in [4.69, 9.17) is 16.6 Å². The lowest BCUT2D eigenvalue weighted by atomic mass is 10.1. The molecule has 0 rings (SSSR count). The first kappa shape index (κ1) is 9.48. The van der Waals surface area contributed by atoms with Gasteiger partial charge in [-0.15, -0.1) is 12.3 Å². The molecule has 2 N–H and O–H groups in total. The summed E-state index contributed by atoms with van der Waals surface area (Å²) in [6.45, 7) is 0.197. The summed E-state index contributed by atoms with van der Waals surface area (Å²) in [4.78, 5) is 0. The minimum atomic E-state index is -0.378. The topological polar surface area (TPSA) is 40.5 Å². The van der Waals surface area contributed by atoms with Gasteiger partial charge in [-0.3, -0.25) is 0 Å². The zero-order chi connectivity index (χ0) is 7.82. The van der Waals surface area contributed by atoms with E-state index in [0.717, 1.165) is 12.8 Å². The Kier molecular flexibility index (Phi) is 6.25. The van der Waals surface area contributed by atoms with Gasteiger partial charge in [0.15, 0.2) is 0 Å². The van der Waals surface area contributed by atoms with Gasteiger partial charge in [-0.05, 0) is 19.3 Å². The van der Waals surface area contributed by atoms with E-state index in [1.807, 2.05) is 0 Å². The van der Waals surface area contributed by atoms with Crippen LogP contribution in [0.1, 0.15) is 25.7 Å². The Morgan fingerprint density at radius 1 is 1.40 bits per heavy atom. The summed E-state index contributed by atoms with van der Waals surface area (Å²) in [6, 6.07) is 0. The molecule has 0 radical (unpaired) electrons. The molecule has 2 nitrogen and oxygen atoms in total. The van der Waals surface area contributed by atoms with E-state index in [1.165, 1.54) is 0 Å². The molecule has 0 aromatic heterocycles. The fraction of sp³-hybridized carbons (Fsp3) is 0.750. The van der Waals surface area contributed by atoms with Crippen molar-refractivity contribution in [2.75, 3.05) is 6.61 Å². The minimum Gasteiger partial charge on any atom is -0.396 e. The predicted octanol–water partition coefficient (Wildman–Crippen LogP) is 0.533. The monoisotopic (exact) mass is 142 g/mol. The first-order valence-corrected chi connectivity index (χ1v) is 3.53. The zero-order valence-corrected chi connectivity index (χ0v) is 6.08. The normalized spacial score (nSPS) is 12.5. The Morgan fingerprint density at radius 2 is 2.10 bits per heavy atom. The van der Waals surface area contributed by atoms with Crippen molar-refractivity contribution >= 4 is 0 Å². The molecule has 0 aromatic carbocycles. The van der Waals surface area contributed by atoms with Crippen molar-refractivity contribution in [3.8, 4) is 12.3 Å². The standard InChI is InChI=1S/C8H14O2/c1-2-5-8(10)6-3-4-7-9/h1,8-10H,3-7H2. The Bertz CT molecular complexity index is 104. The Hall–Kier alpha value is -0.520. The lowest BCUT2D eigenvalue weighted by molar-refractivity contribution is 0.162. The third-order valence-corrected chi connectivity index (χ3v) is 1.30. The lowest BCUT2D eigenvalue weighted by Crippen LogP contribution is -2.04. The van der Waals surface area contributed by atoms with Gasteiger partial charge in [0, 0.05) is 13.0 Å². The van der Waals surface area contributed by atoms with Crippen LogP contribution in [0.4, 0.5) is 0 Å². The van der Waals surface area contributed by atoms with Crippen LogP contribution in [0.5, 0.6) is 0 Å². The smallest absolute Gasteiger partial charge is 0.0649 e. The third-order valence-electron chi connectivity index (χ3n) is 1.30. The number of rotatable bonds is 5. The minimum absolute atomic E-state index is 0.197. The van der Waals surface area contributed by atoms with Gasteiger partial charge in [0.2, 0.25) is 0 Å². The van der Waals surface area contributed by atoms with Crippen molar-refractivity contribution in [2.45, 2.75) is 31.8 Å². The largest absolute Gasteiger partial charge is 0.396 e. The van der Waals surface area contributed by atoms with Crippen LogP contribution in [0, 0.1) is 12.3 Å². The van der Waals surface area contributed by atoms with Gasteiger partial charge in [0.25, 0.3) is 0 Å². The fourth-order valence-corrected chi connectivity index (χ4v) is 0.730. The molecule has 0 bridgehead atoms. The van der Waals surface area contributed by atoms with Gasteiger partial charge in [-0.25, -0.2) is 0 Å². The highest BCUT2D eigenvalue weighted by atomic mass is 16.3. The highest BCUT2D eigenvalue weighted by Crippen LogP contribution is 2.02. The molecule has 0 saturated carbocycles. The molecule has 0 heterocycles. The number of aliphatic hydroxyl groups is 2. The number of aliphatic hydroxyl groups excluding tert-OH is 2. The van der Waals surface area contributed by atoms with Crippen LogP contribution in [0.3, 0.4) is 0 Å². The van der Waals surface area contributed by atoms with Crippen LogP contribution < -0.4 is 0 Å². The molecule has 0 aliphatic heterocycles. The molecule has 1 atom stereocenters. The molecular weight excluding hydrogens is 128 g/mol. The summed E-state index contributed by atoms with van der Waals surface area (Å²) in [5.41, 5.74) is 0. The van der Waals surface area contributed by atoms with Gasteiger partial charge in [-0.2, -0.15) is 0 Å². The van der Waals surface area contributed by atoms with Crippen molar-refractivity contribution in [1.82, 2.24) is 0 Å². The van der Waals surface area contributed by atoms with Crippen LogP contribution in [-0.4, -0.2) is 22.9 Å². The number of unbranched alkanes of at least 4 members (excludes halogenated alkanes) is 1. The zero-order valence-electron chi connectivity index (χ0n) is 6.08. The molecule has 10 heavy (non-hydrogen) atoms. The number of hydrogen-bond acceptors (Lipinski definition) is 2. The van der Waals surface area contributed by atoms with Crippen LogP contribution in [0.15, 0.2) is 0 Å². The maximum atomic E-state index is 9.05. The molecule has 58 valence electrons. The molecule has 1 unspecified atom stereocenters. The predicted molar refractivity (Wildman–Crippen MR) is 40.4 cm³/mol. The first-order chi connectivity index (χ1) is 4.81. The van der Waals surface area contributed by atoms with Crippen molar-refractivity contribution in [3.63, 3.8) is 0 Å². The van der Waals surface area contributed by atoms with E-state index < -0.39 is 0 Å². The molecule has 2 heteroatoms. The van der Waals surface area contributed by atoms with Gasteiger partial charge >= 0.3 is 0 Å². The molecule has 0 spiro atoms. The third kappa shape index (κ3) is 5.61. The van der Waals surface area contributed by atoms with E-state index in [-0.39, 0.29) is 12.7 Å². The summed E-state index contributed by atoms with van der Waals surface area (Å²) in [5, 5.41) is 17.4. The SMILES string of the molecule is C#CCC(O)CCCCO. The van der Waals surface area contributed by atoms with Gasteiger partial charge in [0.05, 0.1) is 6.10 Å². The van der Waals surface area contributed by atoms with Gasteiger partial charge < -0.3 is 10.2 Å². The number of terminal acetylenes is 1. The van der Waals surface area contributed by atoms with E-state index in [2.05, 4.69) is 5.92 Å². The quantitative estimate of drug-likeness (QED) is 0.434.